The Labute approximate surface area is 104 Å². The van der Waals surface area contributed by atoms with Gasteiger partial charge in [-0.3, -0.25) is 9.59 Å². The first kappa shape index (κ1) is 11.9. The van der Waals surface area contributed by atoms with Crippen LogP contribution in [-0.4, -0.2) is 11.8 Å². The number of hydrogen-bond donors (Lipinski definition) is 1. The number of rotatable bonds is 1. The molecule has 1 heterocycles. The highest BCUT2D eigenvalue weighted by Crippen LogP contribution is 2.29. The summed E-state index contributed by atoms with van der Waals surface area (Å²) in [4.78, 5) is 24.9. The van der Waals surface area contributed by atoms with Crippen LogP contribution in [0.3, 0.4) is 0 Å². The number of carbonyl (C=O) groups is 2. The Morgan fingerprint density at radius 2 is 1.71 bits per heavy atom. The van der Waals surface area contributed by atoms with Crippen molar-refractivity contribution in [3.05, 3.63) is 23.2 Å². The molecule has 2 N–H and O–H groups in total. The van der Waals surface area contributed by atoms with Crippen molar-refractivity contribution in [1.82, 2.24) is 0 Å². The Kier molecular flexibility index (Phi) is 3.33. The van der Waals surface area contributed by atoms with E-state index >= 15 is 0 Å². The molecule has 1 saturated heterocycles. The Bertz CT molecular complexity index is 456. The van der Waals surface area contributed by atoms with Crippen LogP contribution >= 0.6 is 11.6 Å². The molecule has 5 heteroatoms. The number of nitrogen functional groups attached to an aromatic ring is 1. The molecule has 2 amide bonds. The predicted molar refractivity (Wildman–Crippen MR) is 66.8 cm³/mol. The third-order valence-electron chi connectivity index (χ3n) is 2.76. The minimum Gasteiger partial charge on any atom is -0.397 e. The first-order chi connectivity index (χ1) is 8.09. The average molecular weight is 253 g/mol. The molecule has 0 aromatic heterocycles. The van der Waals surface area contributed by atoms with Crippen LogP contribution in [0.2, 0.25) is 5.02 Å². The van der Waals surface area contributed by atoms with E-state index in [1.807, 2.05) is 0 Å². The van der Waals surface area contributed by atoms with E-state index in [0.29, 0.717) is 29.2 Å². The van der Waals surface area contributed by atoms with Gasteiger partial charge in [-0.1, -0.05) is 11.6 Å². The number of amides is 2. The molecule has 2 rings (SSSR count). The number of nitrogens with two attached hydrogens (primary N) is 1. The lowest BCUT2D eigenvalue weighted by Crippen LogP contribution is -2.35. The molecule has 1 fully saturated rings. The summed E-state index contributed by atoms with van der Waals surface area (Å²) in [5.74, 6) is -0.386. The molecule has 1 aromatic rings. The zero-order chi connectivity index (χ0) is 12.4. The van der Waals surface area contributed by atoms with Gasteiger partial charge in [-0.05, 0) is 31.0 Å². The number of hydrogen-bond acceptors (Lipinski definition) is 3. The van der Waals surface area contributed by atoms with Crippen LogP contribution in [-0.2, 0) is 9.59 Å². The topological polar surface area (TPSA) is 63.4 Å². The summed E-state index contributed by atoms with van der Waals surface area (Å²) in [5, 5.41) is 0.487. The van der Waals surface area contributed by atoms with E-state index < -0.39 is 0 Å². The van der Waals surface area contributed by atoms with Crippen LogP contribution in [0.1, 0.15) is 25.7 Å². The van der Waals surface area contributed by atoms with Crippen LogP contribution in [0.4, 0.5) is 11.4 Å². The van der Waals surface area contributed by atoms with E-state index in [0.717, 1.165) is 12.8 Å². The zero-order valence-electron chi connectivity index (χ0n) is 9.28. The highest BCUT2D eigenvalue weighted by Gasteiger charge is 2.26. The van der Waals surface area contributed by atoms with E-state index in [-0.39, 0.29) is 11.8 Å². The van der Waals surface area contributed by atoms with Crippen molar-refractivity contribution in [2.75, 3.05) is 10.6 Å². The average Bonchev–Trinajstić information content (AvgIpc) is 2.42. The second kappa shape index (κ2) is 4.75. The lowest BCUT2D eigenvalue weighted by Gasteiger charge is -2.20. The van der Waals surface area contributed by atoms with Crippen molar-refractivity contribution in [2.45, 2.75) is 25.7 Å². The molecule has 4 nitrogen and oxygen atoms in total. The van der Waals surface area contributed by atoms with Crippen molar-refractivity contribution < 1.29 is 9.59 Å². The maximum atomic E-state index is 11.9. The number of anilines is 2. The lowest BCUT2D eigenvalue weighted by atomic mass is 10.2. The molecule has 1 aliphatic rings. The van der Waals surface area contributed by atoms with Crippen LogP contribution in [0, 0.1) is 0 Å². The fourth-order valence-electron chi connectivity index (χ4n) is 1.91. The zero-order valence-corrected chi connectivity index (χ0v) is 10.0. The van der Waals surface area contributed by atoms with Crippen LogP contribution in [0.5, 0.6) is 0 Å². The Morgan fingerprint density at radius 3 is 2.24 bits per heavy atom. The third kappa shape index (κ3) is 2.42. The molecule has 1 aromatic carbocycles. The molecular weight excluding hydrogens is 240 g/mol. The molecule has 0 unspecified atom stereocenters. The van der Waals surface area contributed by atoms with E-state index in [1.165, 1.54) is 4.90 Å². The fraction of sp³-hybridized carbons (Fsp3) is 0.333. The van der Waals surface area contributed by atoms with Gasteiger partial charge in [-0.2, -0.15) is 0 Å². The number of carbonyl (C=O) groups excluding carboxylic acids is 2. The second-order valence-corrected chi connectivity index (χ2v) is 4.47. The smallest absolute Gasteiger partial charge is 0.233 e. The van der Waals surface area contributed by atoms with Gasteiger partial charge in [0.05, 0.1) is 11.4 Å². The van der Waals surface area contributed by atoms with Gasteiger partial charge in [0.2, 0.25) is 11.8 Å². The standard InChI is InChI=1S/C12H13ClN2O2/c13-8-5-6-10(9(14)7-8)15-11(16)3-1-2-4-12(15)17/h5-7H,1-4,14H2. The Morgan fingerprint density at radius 1 is 1.12 bits per heavy atom. The maximum absolute atomic E-state index is 11.9. The summed E-state index contributed by atoms with van der Waals surface area (Å²) >= 11 is 5.79. The normalized spacial score (nSPS) is 17.1. The number of imide groups is 1. The molecule has 0 radical (unpaired) electrons. The number of halogens is 1. The summed E-state index contributed by atoms with van der Waals surface area (Å²) < 4.78 is 0. The second-order valence-electron chi connectivity index (χ2n) is 4.03. The predicted octanol–water partition coefficient (Wildman–Crippen LogP) is 2.36. The van der Waals surface area contributed by atoms with E-state index in [1.54, 1.807) is 18.2 Å². The molecule has 0 saturated carbocycles. The molecule has 17 heavy (non-hydrogen) atoms. The van der Waals surface area contributed by atoms with Gasteiger partial charge in [0.25, 0.3) is 0 Å². The van der Waals surface area contributed by atoms with Crippen molar-refractivity contribution in [2.24, 2.45) is 0 Å². The number of benzene rings is 1. The molecule has 1 aliphatic heterocycles. The highest BCUT2D eigenvalue weighted by atomic mass is 35.5. The van der Waals surface area contributed by atoms with Crippen molar-refractivity contribution in [1.29, 1.82) is 0 Å². The third-order valence-corrected chi connectivity index (χ3v) is 3.00. The Hall–Kier alpha value is -1.55. The molecule has 0 spiro atoms. The van der Waals surface area contributed by atoms with Gasteiger partial charge in [0, 0.05) is 17.9 Å². The minimum atomic E-state index is -0.193. The maximum Gasteiger partial charge on any atom is 0.233 e. The molecule has 0 atom stereocenters. The van der Waals surface area contributed by atoms with Gasteiger partial charge >= 0.3 is 0 Å². The highest BCUT2D eigenvalue weighted by molar-refractivity contribution is 6.31. The van der Waals surface area contributed by atoms with Crippen LogP contribution < -0.4 is 10.6 Å². The van der Waals surface area contributed by atoms with Gasteiger partial charge in [-0.15, -0.1) is 0 Å². The largest absolute Gasteiger partial charge is 0.397 e. The van der Waals surface area contributed by atoms with Gasteiger partial charge in [0.15, 0.2) is 0 Å². The fourth-order valence-corrected chi connectivity index (χ4v) is 2.09. The van der Waals surface area contributed by atoms with Crippen molar-refractivity contribution >= 4 is 34.8 Å². The summed E-state index contributed by atoms with van der Waals surface area (Å²) in [7, 11) is 0. The van der Waals surface area contributed by atoms with Crippen LogP contribution in [0.25, 0.3) is 0 Å². The lowest BCUT2D eigenvalue weighted by molar-refractivity contribution is -0.125. The minimum absolute atomic E-state index is 0.193. The molecule has 90 valence electrons. The molecule has 0 aliphatic carbocycles. The summed E-state index contributed by atoms with van der Waals surface area (Å²) in [6.45, 7) is 0. The number of nitrogens with zero attached hydrogens (tertiary/aromatic N) is 1. The molecular formula is C12H13ClN2O2. The van der Waals surface area contributed by atoms with E-state index in [4.69, 9.17) is 17.3 Å². The summed E-state index contributed by atoms with van der Waals surface area (Å²) in [6, 6.07) is 4.78. The van der Waals surface area contributed by atoms with Gasteiger partial charge < -0.3 is 5.73 Å². The first-order valence-corrected chi connectivity index (χ1v) is 5.88. The van der Waals surface area contributed by atoms with E-state index in [9.17, 15) is 9.59 Å². The Balaban J connectivity index is 2.41. The first-order valence-electron chi connectivity index (χ1n) is 5.50. The van der Waals surface area contributed by atoms with Gasteiger partial charge in [0.1, 0.15) is 0 Å². The summed E-state index contributed by atoms with van der Waals surface area (Å²) in [6.07, 6.45) is 2.25. The van der Waals surface area contributed by atoms with Gasteiger partial charge in [-0.25, -0.2) is 4.90 Å². The molecule has 0 bridgehead atoms. The quantitative estimate of drug-likeness (QED) is 0.616. The van der Waals surface area contributed by atoms with Crippen LogP contribution in [0.15, 0.2) is 18.2 Å². The van der Waals surface area contributed by atoms with Crippen molar-refractivity contribution in [3.8, 4) is 0 Å². The van der Waals surface area contributed by atoms with Crippen molar-refractivity contribution in [3.63, 3.8) is 0 Å². The summed E-state index contributed by atoms with van der Waals surface area (Å²) in [5.41, 5.74) is 6.58. The monoisotopic (exact) mass is 252 g/mol. The SMILES string of the molecule is Nc1cc(Cl)ccc1N1C(=O)CCCCC1=O. The van der Waals surface area contributed by atoms with E-state index in [2.05, 4.69) is 0 Å².